The summed E-state index contributed by atoms with van der Waals surface area (Å²) in [7, 11) is 4.12. The standard InChI is InChI=1S/C23H23N3O7/c1-30-19-13-20(31-2)26-23(25-19)33-18-7-5-4-6-16(18)21(28)24-17(22(29)32-3)12-14-8-10-15(27)11-9-14/h4-11,13,17,27H,12H2,1-3H3,(H,24,28)/t17-/m0/s1. The van der Waals surface area contributed by atoms with Gasteiger partial charge in [-0.2, -0.15) is 9.97 Å². The summed E-state index contributed by atoms with van der Waals surface area (Å²) in [6.07, 6.45) is 0.165. The number of carbonyl (C=O) groups excluding carboxylic acids is 2. The number of phenols is 1. The van der Waals surface area contributed by atoms with Gasteiger partial charge < -0.3 is 29.4 Å². The Morgan fingerprint density at radius 3 is 2.21 bits per heavy atom. The lowest BCUT2D eigenvalue weighted by molar-refractivity contribution is -0.142. The molecule has 10 nitrogen and oxygen atoms in total. The zero-order chi connectivity index (χ0) is 23.8. The molecule has 3 aromatic rings. The fourth-order valence-corrected chi connectivity index (χ4v) is 2.92. The Morgan fingerprint density at radius 2 is 1.61 bits per heavy atom. The molecule has 1 heterocycles. The molecule has 0 aliphatic rings. The maximum absolute atomic E-state index is 13.0. The second kappa shape index (κ2) is 10.8. The van der Waals surface area contributed by atoms with Gasteiger partial charge in [-0.1, -0.05) is 24.3 Å². The number of aromatic nitrogens is 2. The van der Waals surface area contributed by atoms with E-state index < -0.39 is 17.9 Å². The molecule has 10 heteroatoms. The zero-order valence-corrected chi connectivity index (χ0v) is 18.3. The van der Waals surface area contributed by atoms with Gasteiger partial charge in [0.2, 0.25) is 11.8 Å². The van der Waals surface area contributed by atoms with Gasteiger partial charge in [-0.3, -0.25) is 4.79 Å². The van der Waals surface area contributed by atoms with E-state index >= 15 is 0 Å². The normalized spacial score (nSPS) is 11.2. The largest absolute Gasteiger partial charge is 0.508 e. The molecule has 172 valence electrons. The molecule has 0 aliphatic carbocycles. The van der Waals surface area contributed by atoms with Crippen molar-refractivity contribution in [3.63, 3.8) is 0 Å². The maximum Gasteiger partial charge on any atom is 0.328 e. The van der Waals surface area contributed by atoms with Crippen LogP contribution in [0.15, 0.2) is 54.6 Å². The molecule has 0 unspecified atom stereocenters. The van der Waals surface area contributed by atoms with Crippen LogP contribution in [0.2, 0.25) is 0 Å². The molecular formula is C23H23N3O7. The second-order valence-electron chi connectivity index (χ2n) is 6.75. The molecule has 0 saturated heterocycles. The van der Waals surface area contributed by atoms with Gasteiger partial charge in [0.25, 0.3) is 5.91 Å². The number of hydrogen-bond acceptors (Lipinski definition) is 9. The van der Waals surface area contributed by atoms with Crippen LogP contribution in [-0.4, -0.2) is 54.3 Å². The lowest BCUT2D eigenvalue weighted by atomic mass is 10.0. The Hall–Kier alpha value is -4.34. The summed E-state index contributed by atoms with van der Waals surface area (Å²) in [4.78, 5) is 33.5. The molecule has 1 amide bonds. The Balaban J connectivity index is 1.83. The van der Waals surface area contributed by atoms with Crippen LogP contribution in [0.1, 0.15) is 15.9 Å². The van der Waals surface area contributed by atoms with Gasteiger partial charge in [-0.15, -0.1) is 0 Å². The van der Waals surface area contributed by atoms with E-state index in [9.17, 15) is 14.7 Å². The van der Waals surface area contributed by atoms with Crippen LogP contribution in [-0.2, 0) is 16.0 Å². The number of phenolic OH excluding ortho intramolecular Hbond substituents is 1. The van der Waals surface area contributed by atoms with Crippen molar-refractivity contribution in [2.45, 2.75) is 12.5 Å². The van der Waals surface area contributed by atoms with E-state index in [1.54, 1.807) is 30.3 Å². The monoisotopic (exact) mass is 453 g/mol. The van der Waals surface area contributed by atoms with Crippen LogP contribution in [0, 0.1) is 0 Å². The van der Waals surface area contributed by atoms with Crippen molar-refractivity contribution in [2.75, 3.05) is 21.3 Å². The molecule has 1 aromatic heterocycles. The van der Waals surface area contributed by atoms with Crippen LogP contribution in [0.25, 0.3) is 0 Å². The predicted octanol–water partition coefficient (Wildman–Crippen LogP) is 2.51. The van der Waals surface area contributed by atoms with Crippen molar-refractivity contribution < 1.29 is 33.6 Å². The second-order valence-corrected chi connectivity index (χ2v) is 6.75. The van der Waals surface area contributed by atoms with Crippen molar-refractivity contribution in [2.24, 2.45) is 0 Å². The number of amides is 1. The molecule has 2 aromatic carbocycles. The van der Waals surface area contributed by atoms with E-state index in [1.807, 2.05) is 0 Å². The van der Waals surface area contributed by atoms with Crippen molar-refractivity contribution >= 4 is 11.9 Å². The lowest BCUT2D eigenvalue weighted by Crippen LogP contribution is -2.43. The van der Waals surface area contributed by atoms with Crippen molar-refractivity contribution in [3.8, 4) is 29.3 Å². The SMILES string of the molecule is COC(=O)[C@H](Cc1ccc(O)cc1)NC(=O)c1ccccc1Oc1nc(OC)cc(OC)n1. The fraction of sp³-hybridized carbons (Fsp3) is 0.217. The molecule has 0 saturated carbocycles. The molecule has 0 aliphatic heterocycles. The number of rotatable bonds is 9. The lowest BCUT2D eigenvalue weighted by Gasteiger charge is -2.18. The Morgan fingerprint density at radius 1 is 0.970 bits per heavy atom. The molecule has 0 fully saturated rings. The van der Waals surface area contributed by atoms with Gasteiger partial charge >= 0.3 is 12.0 Å². The molecule has 2 N–H and O–H groups in total. The van der Waals surface area contributed by atoms with E-state index in [4.69, 9.17) is 18.9 Å². The minimum atomic E-state index is -0.965. The first-order chi connectivity index (χ1) is 15.9. The molecule has 0 radical (unpaired) electrons. The third kappa shape index (κ3) is 6.10. The van der Waals surface area contributed by atoms with Crippen LogP contribution >= 0.6 is 0 Å². The average molecular weight is 453 g/mol. The smallest absolute Gasteiger partial charge is 0.328 e. The van der Waals surface area contributed by atoms with Gasteiger partial charge in [0.1, 0.15) is 17.5 Å². The number of carbonyl (C=O) groups is 2. The number of para-hydroxylation sites is 1. The number of esters is 1. The summed E-state index contributed by atoms with van der Waals surface area (Å²) in [5, 5.41) is 12.1. The Kier molecular flexibility index (Phi) is 7.64. The molecular weight excluding hydrogens is 430 g/mol. The highest BCUT2D eigenvalue weighted by Gasteiger charge is 2.24. The summed E-state index contributed by atoms with van der Waals surface area (Å²) >= 11 is 0. The number of hydrogen-bond donors (Lipinski definition) is 2. The predicted molar refractivity (Wildman–Crippen MR) is 117 cm³/mol. The first-order valence-electron chi connectivity index (χ1n) is 9.84. The number of benzene rings is 2. The maximum atomic E-state index is 13.0. The van der Waals surface area contributed by atoms with Crippen LogP contribution < -0.4 is 19.5 Å². The number of ether oxygens (including phenoxy) is 4. The van der Waals surface area contributed by atoms with E-state index in [0.29, 0.717) is 0 Å². The van der Waals surface area contributed by atoms with Crippen LogP contribution in [0.5, 0.6) is 29.3 Å². The first-order valence-corrected chi connectivity index (χ1v) is 9.84. The van der Waals surface area contributed by atoms with E-state index in [-0.39, 0.29) is 41.3 Å². The highest BCUT2D eigenvalue weighted by atomic mass is 16.5. The first kappa shape index (κ1) is 23.3. The number of aromatic hydroxyl groups is 1. The van der Waals surface area contributed by atoms with Crippen molar-refractivity contribution in [3.05, 3.63) is 65.7 Å². The Bertz CT molecular complexity index is 1100. The summed E-state index contributed by atoms with van der Waals surface area (Å²) in [5.41, 5.74) is 0.882. The quantitative estimate of drug-likeness (QED) is 0.470. The fourth-order valence-electron chi connectivity index (χ4n) is 2.92. The average Bonchev–Trinajstić information content (AvgIpc) is 2.84. The number of methoxy groups -OCH3 is 3. The van der Waals surface area contributed by atoms with E-state index in [0.717, 1.165) is 5.56 Å². The highest BCUT2D eigenvalue weighted by Crippen LogP contribution is 2.26. The summed E-state index contributed by atoms with van der Waals surface area (Å²) in [6, 6.07) is 13.2. The highest BCUT2D eigenvalue weighted by molar-refractivity contribution is 5.99. The molecule has 1 atom stereocenters. The molecule has 0 bridgehead atoms. The number of nitrogens with zero attached hydrogens (tertiary/aromatic N) is 2. The van der Waals surface area contributed by atoms with E-state index in [1.165, 1.54) is 45.6 Å². The van der Waals surface area contributed by atoms with Gasteiger partial charge in [0.15, 0.2) is 0 Å². The zero-order valence-electron chi connectivity index (χ0n) is 18.3. The topological polar surface area (TPSA) is 129 Å². The minimum Gasteiger partial charge on any atom is -0.508 e. The molecule has 3 rings (SSSR count). The van der Waals surface area contributed by atoms with Crippen molar-refractivity contribution in [1.82, 2.24) is 15.3 Å². The minimum absolute atomic E-state index is 0.0833. The summed E-state index contributed by atoms with van der Waals surface area (Å²) < 4.78 is 20.8. The number of nitrogens with one attached hydrogen (secondary N) is 1. The van der Waals surface area contributed by atoms with Crippen molar-refractivity contribution in [1.29, 1.82) is 0 Å². The summed E-state index contributed by atoms with van der Waals surface area (Å²) in [5.74, 6) is -0.472. The Labute approximate surface area is 190 Å². The molecule has 0 spiro atoms. The summed E-state index contributed by atoms with van der Waals surface area (Å²) in [6.45, 7) is 0. The van der Waals surface area contributed by atoms with Gasteiger partial charge in [-0.05, 0) is 29.8 Å². The van der Waals surface area contributed by atoms with E-state index in [2.05, 4.69) is 15.3 Å². The third-order valence-electron chi connectivity index (χ3n) is 4.58. The van der Waals surface area contributed by atoms with Gasteiger partial charge in [-0.25, -0.2) is 4.79 Å². The van der Waals surface area contributed by atoms with Crippen LogP contribution in [0.4, 0.5) is 0 Å². The van der Waals surface area contributed by atoms with Gasteiger partial charge in [0, 0.05) is 6.42 Å². The van der Waals surface area contributed by atoms with Crippen LogP contribution in [0.3, 0.4) is 0 Å². The third-order valence-corrected chi connectivity index (χ3v) is 4.58. The molecule has 33 heavy (non-hydrogen) atoms. The van der Waals surface area contributed by atoms with Gasteiger partial charge in [0.05, 0.1) is 33.0 Å².